The largest absolute Gasteiger partial charge is 0.271 e. The zero-order valence-corrected chi connectivity index (χ0v) is 15.4. The van der Waals surface area contributed by atoms with Crippen molar-refractivity contribution in [3.05, 3.63) is 0 Å². The molecule has 0 fully saturated rings. The predicted octanol–water partition coefficient (Wildman–Crippen LogP) is 3.87. The molecule has 0 aliphatic heterocycles. The van der Waals surface area contributed by atoms with Gasteiger partial charge in [0.2, 0.25) is 0 Å². The summed E-state index contributed by atoms with van der Waals surface area (Å²) in [6, 6.07) is 0. The van der Waals surface area contributed by atoms with Gasteiger partial charge in [-0.15, -0.1) is 0 Å². The second-order valence-corrected chi connectivity index (χ2v) is 7.03. The van der Waals surface area contributed by atoms with Crippen molar-refractivity contribution in [1.82, 2.24) is 10.9 Å². The van der Waals surface area contributed by atoms with Crippen molar-refractivity contribution in [3.63, 3.8) is 0 Å². The zero-order chi connectivity index (χ0) is 16.7. The highest BCUT2D eigenvalue weighted by Gasteiger charge is 2.30. The third-order valence-electron chi connectivity index (χ3n) is 4.91. The summed E-state index contributed by atoms with van der Waals surface area (Å²) < 4.78 is 0. The molecule has 0 spiro atoms. The molecule has 0 aromatic heterocycles. The molecule has 0 radical (unpaired) electrons. The number of rotatable bonds is 16. The molecule has 0 aromatic carbocycles. The van der Waals surface area contributed by atoms with Crippen molar-refractivity contribution in [1.29, 1.82) is 0 Å². The van der Waals surface area contributed by atoms with Gasteiger partial charge in [0, 0.05) is 13.1 Å². The second kappa shape index (κ2) is 14.4. The molecule has 0 aliphatic carbocycles. The summed E-state index contributed by atoms with van der Waals surface area (Å²) >= 11 is 0. The van der Waals surface area contributed by atoms with Crippen LogP contribution in [0.4, 0.5) is 0 Å². The van der Waals surface area contributed by atoms with Gasteiger partial charge in [-0.2, -0.15) is 0 Å². The molecule has 1 atom stereocenters. The molecule has 0 saturated heterocycles. The Hall–Kier alpha value is -0.160. The Bertz CT molecular complexity index is 221. The van der Waals surface area contributed by atoms with E-state index in [-0.39, 0.29) is 0 Å². The fraction of sp³-hybridized carbons (Fsp3) is 1.00. The summed E-state index contributed by atoms with van der Waals surface area (Å²) in [5, 5.41) is 0. The Morgan fingerprint density at radius 2 is 1.50 bits per heavy atom. The molecule has 0 aliphatic rings. The topological polar surface area (TPSA) is 76.1 Å². The molecule has 0 aromatic rings. The average molecular weight is 315 g/mol. The first kappa shape index (κ1) is 21.8. The van der Waals surface area contributed by atoms with Gasteiger partial charge >= 0.3 is 0 Å². The number of hydrogen-bond acceptors (Lipinski definition) is 4. The number of nitrogens with two attached hydrogens (primary N) is 2. The van der Waals surface area contributed by atoms with Crippen LogP contribution in [0.3, 0.4) is 0 Å². The van der Waals surface area contributed by atoms with Gasteiger partial charge in [-0.1, -0.05) is 52.9 Å². The molecule has 0 bridgehead atoms. The minimum Gasteiger partial charge on any atom is -0.271 e. The maximum atomic E-state index is 5.61. The molecule has 22 heavy (non-hydrogen) atoms. The summed E-state index contributed by atoms with van der Waals surface area (Å²) in [6.45, 7) is 8.84. The molecular formula is C18H42N4. The van der Waals surface area contributed by atoms with E-state index in [1.165, 1.54) is 70.6 Å². The van der Waals surface area contributed by atoms with E-state index in [0.717, 1.165) is 19.0 Å². The molecule has 0 amide bonds. The predicted molar refractivity (Wildman–Crippen MR) is 98.1 cm³/mol. The van der Waals surface area contributed by atoms with Crippen molar-refractivity contribution >= 4 is 0 Å². The van der Waals surface area contributed by atoms with E-state index in [9.17, 15) is 0 Å². The van der Waals surface area contributed by atoms with Crippen molar-refractivity contribution in [2.45, 2.75) is 91.4 Å². The molecule has 134 valence electrons. The number of hydrogen-bond donors (Lipinski definition) is 4. The summed E-state index contributed by atoms with van der Waals surface area (Å²) in [5.74, 6) is 11.7. The monoisotopic (exact) mass is 314 g/mol. The number of hydrazine groups is 2. The SMILES string of the molecule is CCCC(CNN)CC(CCC)(CCC)CCCCCNN. The van der Waals surface area contributed by atoms with E-state index in [4.69, 9.17) is 11.7 Å². The highest BCUT2D eigenvalue weighted by Crippen LogP contribution is 2.42. The number of nitrogens with one attached hydrogen (secondary N) is 2. The molecular weight excluding hydrogens is 272 g/mol. The average Bonchev–Trinajstić information content (AvgIpc) is 2.48. The van der Waals surface area contributed by atoms with Crippen molar-refractivity contribution in [3.8, 4) is 0 Å². The van der Waals surface area contributed by atoms with Gasteiger partial charge < -0.3 is 0 Å². The Balaban J connectivity index is 4.64. The lowest BCUT2D eigenvalue weighted by atomic mass is 9.69. The van der Waals surface area contributed by atoms with Crippen LogP contribution in [0.5, 0.6) is 0 Å². The second-order valence-electron chi connectivity index (χ2n) is 7.03. The quantitative estimate of drug-likeness (QED) is 0.198. The van der Waals surface area contributed by atoms with E-state index in [0.29, 0.717) is 5.41 Å². The first-order valence-corrected chi connectivity index (χ1v) is 9.54. The first-order valence-electron chi connectivity index (χ1n) is 9.54. The molecule has 1 unspecified atom stereocenters. The Kier molecular flexibility index (Phi) is 14.3. The minimum atomic E-state index is 0.524. The van der Waals surface area contributed by atoms with Crippen molar-refractivity contribution < 1.29 is 0 Å². The van der Waals surface area contributed by atoms with Gasteiger partial charge in [0.1, 0.15) is 0 Å². The van der Waals surface area contributed by atoms with Gasteiger partial charge in [0.05, 0.1) is 0 Å². The van der Waals surface area contributed by atoms with Gasteiger partial charge in [-0.25, -0.2) is 0 Å². The summed E-state index contributed by atoms with van der Waals surface area (Å²) in [6.07, 6.45) is 14.3. The highest BCUT2D eigenvalue weighted by atomic mass is 15.2. The lowest BCUT2D eigenvalue weighted by Gasteiger charge is -2.37. The van der Waals surface area contributed by atoms with Crippen molar-refractivity contribution in [2.24, 2.45) is 23.0 Å². The smallest absolute Gasteiger partial charge is 0.0126 e. The maximum absolute atomic E-state index is 5.61. The highest BCUT2D eigenvalue weighted by molar-refractivity contribution is 4.82. The van der Waals surface area contributed by atoms with Crippen LogP contribution in [0.2, 0.25) is 0 Å². The fourth-order valence-corrected chi connectivity index (χ4v) is 4.11. The molecule has 4 heteroatoms. The van der Waals surface area contributed by atoms with Crippen LogP contribution < -0.4 is 22.5 Å². The Labute approximate surface area is 139 Å². The molecule has 0 heterocycles. The van der Waals surface area contributed by atoms with Gasteiger partial charge in [-0.05, 0) is 49.9 Å². The summed E-state index contributed by atoms with van der Waals surface area (Å²) in [4.78, 5) is 0. The van der Waals surface area contributed by atoms with Crippen LogP contribution >= 0.6 is 0 Å². The van der Waals surface area contributed by atoms with Crippen LogP contribution in [-0.2, 0) is 0 Å². The Morgan fingerprint density at radius 3 is 2.00 bits per heavy atom. The standard InChI is InChI=1S/C18H42N4/c1-4-10-17(16-22-20)15-18(11-5-2,12-6-3)13-8-7-9-14-21-19/h17,21-22H,4-16,19-20H2,1-3H3. The van der Waals surface area contributed by atoms with Gasteiger partial charge in [-0.3, -0.25) is 22.5 Å². The molecule has 6 N–H and O–H groups in total. The summed E-state index contributed by atoms with van der Waals surface area (Å²) in [5.41, 5.74) is 6.20. The molecule has 0 rings (SSSR count). The maximum Gasteiger partial charge on any atom is 0.0126 e. The Morgan fingerprint density at radius 1 is 0.818 bits per heavy atom. The van der Waals surface area contributed by atoms with E-state index < -0.39 is 0 Å². The molecule has 4 nitrogen and oxygen atoms in total. The van der Waals surface area contributed by atoms with Gasteiger partial charge in [0.15, 0.2) is 0 Å². The van der Waals surface area contributed by atoms with Crippen LogP contribution in [0.25, 0.3) is 0 Å². The van der Waals surface area contributed by atoms with E-state index in [2.05, 4.69) is 31.6 Å². The van der Waals surface area contributed by atoms with Crippen molar-refractivity contribution in [2.75, 3.05) is 13.1 Å². The zero-order valence-electron chi connectivity index (χ0n) is 15.4. The third-order valence-corrected chi connectivity index (χ3v) is 4.91. The lowest BCUT2D eigenvalue weighted by molar-refractivity contribution is 0.147. The van der Waals surface area contributed by atoms with Crippen LogP contribution in [0.15, 0.2) is 0 Å². The van der Waals surface area contributed by atoms with Crippen LogP contribution in [0, 0.1) is 11.3 Å². The van der Waals surface area contributed by atoms with Crippen LogP contribution in [0.1, 0.15) is 91.4 Å². The van der Waals surface area contributed by atoms with E-state index >= 15 is 0 Å². The van der Waals surface area contributed by atoms with E-state index in [1.54, 1.807) is 0 Å². The van der Waals surface area contributed by atoms with Crippen LogP contribution in [-0.4, -0.2) is 13.1 Å². The number of unbranched alkanes of at least 4 members (excludes halogenated alkanes) is 2. The lowest BCUT2D eigenvalue weighted by Crippen LogP contribution is -2.33. The third kappa shape index (κ3) is 9.78. The molecule has 0 saturated carbocycles. The van der Waals surface area contributed by atoms with Gasteiger partial charge in [0.25, 0.3) is 0 Å². The summed E-state index contributed by atoms with van der Waals surface area (Å²) in [7, 11) is 0. The first-order chi connectivity index (χ1) is 10.7. The minimum absolute atomic E-state index is 0.524. The fourth-order valence-electron chi connectivity index (χ4n) is 4.11. The normalized spacial score (nSPS) is 13.5. The van der Waals surface area contributed by atoms with E-state index in [1.807, 2.05) is 0 Å².